The van der Waals surface area contributed by atoms with Crippen LogP contribution in [0.2, 0.25) is 0 Å². The van der Waals surface area contributed by atoms with E-state index in [1.54, 1.807) is 17.0 Å². The maximum absolute atomic E-state index is 13.3. The molecule has 0 saturated carbocycles. The first-order chi connectivity index (χ1) is 14.2. The molecule has 1 aliphatic heterocycles. The molecule has 0 spiro atoms. The molecule has 1 fully saturated rings. The minimum atomic E-state index is -5.03. The molecule has 6 nitrogen and oxygen atoms in total. The van der Waals surface area contributed by atoms with Crippen molar-refractivity contribution in [2.45, 2.75) is 24.6 Å². The Labute approximate surface area is 170 Å². The van der Waals surface area contributed by atoms with E-state index in [0.29, 0.717) is 24.3 Å². The largest absolute Gasteiger partial charge is 0.471 e. The van der Waals surface area contributed by atoms with Crippen LogP contribution >= 0.6 is 0 Å². The lowest BCUT2D eigenvalue weighted by molar-refractivity contribution is -0.174. The smallest absolute Gasteiger partial charge is 0.355 e. The third-order valence-corrected chi connectivity index (χ3v) is 5.04. The topological polar surface area (TPSA) is 74.3 Å². The molecule has 1 saturated heterocycles. The zero-order valence-corrected chi connectivity index (χ0v) is 16.0. The van der Waals surface area contributed by atoms with Gasteiger partial charge < -0.3 is 15.5 Å². The molecule has 2 N–H and O–H groups in total. The van der Waals surface area contributed by atoms with Gasteiger partial charge >= 0.3 is 12.1 Å². The van der Waals surface area contributed by atoms with Crippen molar-refractivity contribution in [1.29, 1.82) is 0 Å². The Hall–Kier alpha value is -3.17. The summed E-state index contributed by atoms with van der Waals surface area (Å²) in [6, 6.07) is 7.69. The Morgan fingerprint density at radius 3 is 2.50 bits per heavy atom. The second kappa shape index (κ2) is 8.68. The number of alkyl halides is 3. The van der Waals surface area contributed by atoms with Crippen LogP contribution in [0.15, 0.2) is 42.6 Å². The molecule has 0 aliphatic carbocycles. The first kappa shape index (κ1) is 21.5. The van der Waals surface area contributed by atoms with E-state index >= 15 is 0 Å². The summed E-state index contributed by atoms with van der Waals surface area (Å²) in [4.78, 5) is 29.7. The standard InChI is InChI=1S/C20H20F4N4O2/c1-25-18(29)15-3-2-9-26-17(15)28-10-8-14(12-4-6-13(21)7-5-12)16(11-28)27-19(30)20(22,23)24/h2-7,9,14,16H,8,10-11H2,1H3,(H,25,29)(H,27,30). The Kier molecular flexibility index (Phi) is 6.23. The van der Waals surface area contributed by atoms with Crippen molar-refractivity contribution in [3.63, 3.8) is 0 Å². The van der Waals surface area contributed by atoms with Gasteiger partial charge in [-0.1, -0.05) is 12.1 Å². The maximum Gasteiger partial charge on any atom is 0.471 e. The van der Waals surface area contributed by atoms with Gasteiger partial charge in [0, 0.05) is 32.3 Å². The highest BCUT2D eigenvalue weighted by Gasteiger charge is 2.42. The fourth-order valence-corrected chi connectivity index (χ4v) is 3.61. The molecule has 160 valence electrons. The van der Waals surface area contributed by atoms with Gasteiger partial charge in [-0.25, -0.2) is 9.37 Å². The first-order valence-corrected chi connectivity index (χ1v) is 9.26. The van der Waals surface area contributed by atoms with Crippen LogP contribution in [0, 0.1) is 5.82 Å². The molecule has 10 heteroatoms. The van der Waals surface area contributed by atoms with Gasteiger partial charge in [-0.3, -0.25) is 9.59 Å². The summed E-state index contributed by atoms with van der Waals surface area (Å²) in [5, 5.41) is 4.56. The summed E-state index contributed by atoms with van der Waals surface area (Å²) < 4.78 is 51.9. The van der Waals surface area contributed by atoms with Crippen LogP contribution in [-0.4, -0.2) is 49.2 Å². The molecule has 2 amide bonds. The number of aromatic nitrogens is 1. The zero-order chi connectivity index (χ0) is 21.9. The number of pyridine rings is 1. The second-order valence-electron chi connectivity index (χ2n) is 6.92. The van der Waals surface area contributed by atoms with E-state index in [1.807, 2.05) is 0 Å². The molecule has 2 atom stereocenters. The zero-order valence-electron chi connectivity index (χ0n) is 16.0. The molecule has 2 aromatic rings. The van der Waals surface area contributed by atoms with Crippen LogP contribution in [0.25, 0.3) is 0 Å². The molecule has 1 aliphatic rings. The van der Waals surface area contributed by atoms with E-state index in [9.17, 15) is 27.2 Å². The van der Waals surface area contributed by atoms with Gasteiger partial charge in [-0.05, 0) is 36.2 Å². The molecule has 2 unspecified atom stereocenters. The quantitative estimate of drug-likeness (QED) is 0.741. The number of amides is 2. The van der Waals surface area contributed by atoms with Gasteiger partial charge in [-0.2, -0.15) is 13.2 Å². The van der Waals surface area contributed by atoms with E-state index in [-0.39, 0.29) is 18.0 Å². The monoisotopic (exact) mass is 424 g/mol. The number of carbonyl (C=O) groups is 2. The highest BCUT2D eigenvalue weighted by molar-refractivity contribution is 5.98. The summed E-state index contributed by atoms with van der Waals surface area (Å²) in [6.07, 6.45) is -3.18. The minimum Gasteiger partial charge on any atom is -0.355 e. The van der Waals surface area contributed by atoms with Crippen molar-refractivity contribution < 1.29 is 27.2 Å². The number of rotatable bonds is 4. The fourth-order valence-electron chi connectivity index (χ4n) is 3.61. The number of anilines is 1. The SMILES string of the molecule is CNC(=O)c1cccnc1N1CCC(c2ccc(F)cc2)C(NC(=O)C(F)(F)F)C1. The van der Waals surface area contributed by atoms with Crippen LogP contribution in [0.1, 0.15) is 28.3 Å². The summed E-state index contributed by atoms with van der Waals surface area (Å²) in [6.45, 7) is 0.395. The number of hydrogen-bond donors (Lipinski definition) is 2. The molecule has 0 bridgehead atoms. The van der Waals surface area contributed by atoms with E-state index in [2.05, 4.69) is 15.6 Å². The average Bonchev–Trinajstić information content (AvgIpc) is 2.73. The number of nitrogens with one attached hydrogen (secondary N) is 2. The summed E-state index contributed by atoms with van der Waals surface area (Å²) in [5.74, 6) is -3.03. The van der Waals surface area contributed by atoms with Crippen molar-refractivity contribution in [1.82, 2.24) is 15.6 Å². The fraction of sp³-hybridized carbons (Fsp3) is 0.350. The molecule has 3 rings (SSSR count). The molecule has 1 aromatic heterocycles. The second-order valence-corrected chi connectivity index (χ2v) is 6.92. The molecule has 0 radical (unpaired) electrons. The van der Waals surface area contributed by atoms with Crippen molar-refractivity contribution in [2.75, 3.05) is 25.0 Å². The van der Waals surface area contributed by atoms with Crippen molar-refractivity contribution in [3.8, 4) is 0 Å². The Morgan fingerprint density at radius 2 is 1.87 bits per heavy atom. The number of hydrogen-bond acceptors (Lipinski definition) is 4. The summed E-state index contributed by atoms with van der Waals surface area (Å²) in [5.41, 5.74) is 0.900. The third-order valence-electron chi connectivity index (χ3n) is 5.04. The Bertz CT molecular complexity index is 918. The highest BCUT2D eigenvalue weighted by Crippen LogP contribution is 2.32. The summed E-state index contributed by atoms with van der Waals surface area (Å²) >= 11 is 0. The number of piperidine rings is 1. The van der Waals surface area contributed by atoms with Crippen molar-refractivity contribution in [3.05, 3.63) is 59.5 Å². The Morgan fingerprint density at radius 1 is 1.17 bits per heavy atom. The van der Waals surface area contributed by atoms with Gasteiger partial charge in [0.15, 0.2) is 0 Å². The molecule has 30 heavy (non-hydrogen) atoms. The Balaban J connectivity index is 1.91. The molecular formula is C20H20F4N4O2. The van der Waals surface area contributed by atoms with Crippen LogP contribution in [0.3, 0.4) is 0 Å². The van der Waals surface area contributed by atoms with Gasteiger partial charge in [0.25, 0.3) is 5.91 Å². The van der Waals surface area contributed by atoms with Gasteiger partial charge in [-0.15, -0.1) is 0 Å². The summed E-state index contributed by atoms with van der Waals surface area (Å²) in [7, 11) is 1.46. The van der Waals surface area contributed by atoms with Gasteiger partial charge in [0.05, 0.1) is 11.6 Å². The molecule has 2 heterocycles. The van der Waals surface area contributed by atoms with Gasteiger partial charge in [0.1, 0.15) is 11.6 Å². The predicted octanol–water partition coefficient (Wildman–Crippen LogP) is 2.62. The lowest BCUT2D eigenvalue weighted by atomic mass is 9.85. The van der Waals surface area contributed by atoms with Crippen molar-refractivity contribution >= 4 is 17.6 Å². The maximum atomic E-state index is 13.3. The average molecular weight is 424 g/mol. The third kappa shape index (κ3) is 4.69. The number of carbonyl (C=O) groups excluding carboxylic acids is 2. The lowest BCUT2D eigenvalue weighted by Crippen LogP contribution is -2.54. The predicted molar refractivity (Wildman–Crippen MR) is 102 cm³/mol. The van der Waals surface area contributed by atoms with Crippen LogP contribution in [0.4, 0.5) is 23.4 Å². The van der Waals surface area contributed by atoms with Crippen LogP contribution in [0.5, 0.6) is 0 Å². The highest BCUT2D eigenvalue weighted by atomic mass is 19.4. The van der Waals surface area contributed by atoms with E-state index in [1.165, 1.54) is 37.5 Å². The van der Waals surface area contributed by atoms with Crippen molar-refractivity contribution in [2.24, 2.45) is 0 Å². The normalized spacial score (nSPS) is 19.3. The van der Waals surface area contributed by atoms with Crippen LogP contribution in [-0.2, 0) is 4.79 Å². The van der Waals surface area contributed by atoms with Crippen LogP contribution < -0.4 is 15.5 Å². The molecule has 1 aromatic carbocycles. The number of benzene rings is 1. The first-order valence-electron chi connectivity index (χ1n) is 9.26. The lowest BCUT2D eigenvalue weighted by Gasteiger charge is -2.40. The number of nitrogens with zero attached hydrogens (tertiary/aromatic N) is 2. The van der Waals surface area contributed by atoms with E-state index in [4.69, 9.17) is 0 Å². The van der Waals surface area contributed by atoms with E-state index in [0.717, 1.165) is 0 Å². The van der Waals surface area contributed by atoms with Gasteiger partial charge in [0.2, 0.25) is 0 Å². The number of halogens is 4. The molecular weight excluding hydrogens is 404 g/mol. The minimum absolute atomic E-state index is 0.00483. The van der Waals surface area contributed by atoms with E-state index < -0.39 is 29.9 Å².